The number of hydrogen-bond acceptors (Lipinski definition) is 5. The smallest absolute Gasteiger partial charge is 0.325 e. The number of hydrogen-bond donors (Lipinski definition) is 1. The van der Waals surface area contributed by atoms with Crippen molar-refractivity contribution in [3.05, 3.63) is 65.9 Å². The quantitative estimate of drug-likeness (QED) is 0.378. The maximum atomic E-state index is 11.8. The number of fused-ring (bicyclic) bond motifs is 1. The summed E-state index contributed by atoms with van der Waals surface area (Å²) in [6, 6.07) is 15.7. The molecule has 3 aromatic rings. The first-order valence-corrected chi connectivity index (χ1v) is 8.84. The molecule has 0 saturated carbocycles. The Morgan fingerprint density at radius 3 is 2.78 bits per heavy atom. The van der Waals surface area contributed by atoms with E-state index in [1.54, 1.807) is 20.2 Å². The lowest BCUT2D eigenvalue weighted by molar-refractivity contribution is -0.143. The van der Waals surface area contributed by atoms with E-state index < -0.39 is 0 Å². The first kappa shape index (κ1) is 18.5. The summed E-state index contributed by atoms with van der Waals surface area (Å²) in [5.74, 6) is 0.572. The number of benzene rings is 2. The van der Waals surface area contributed by atoms with Gasteiger partial charge < -0.3 is 19.5 Å². The monoisotopic (exact) mass is 365 g/mol. The van der Waals surface area contributed by atoms with Gasteiger partial charge in [0.15, 0.2) is 0 Å². The van der Waals surface area contributed by atoms with Crippen molar-refractivity contribution in [1.29, 1.82) is 0 Å². The fraction of sp³-hybridized carbons (Fsp3) is 0.238. The van der Waals surface area contributed by atoms with Crippen LogP contribution >= 0.6 is 0 Å². The van der Waals surface area contributed by atoms with E-state index in [0.29, 0.717) is 13.2 Å². The van der Waals surface area contributed by atoms with Gasteiger partial charge in [0.05, 0.1) is 26.5 Å². The molecular weight excluding hydrogens is 342 g/mol. The number of hydrazone groups is 1. The second-order valence-corrected chi connectivity index (χ2v) is 5.94. The standard InChI is InChI=1S/C21H23N3O3/c1-3-27-21(25)15-24-14-17(18-9-5-6-10-19(18)24)13-23-22-12-16-8-4-7-11-20(16)26-2/h4-11,13-14,22H,3,12,15H2,1-2H3/b23-13+. The van der Waals surface area contributed by atoms with Gasteiger partial charge >= 0.3 is 5.97 Å². The van der Waals surface area contributed by atoms with Crippen LogP contribution < -0.4 is 10.2 Å². The van der Waals surface area contributed by atoms with Gasteiger partial charge in [0, 0.05) is 28.2 Å². The molecule has 2 aromatic carbocycles. The van der Waals surface area contributed by atoms with E-state index in [0.717, 1.165) is 27.8 Å². The fourth-order valence-corrected chi connectivity index (χ4v) is 2.95. The number of methoxy groups -OCH3 is 1. The number of ether oxygens (including phenoxy) is 2. The Bertz CT molecular complexity index is 947. The van der Waals surface area contributed by atoms with Crippen molar-refractivity contribution in [3.8, 4) is 5.75 Å². The molecule has 6 heteroatoms. The van der Waals surface area contributed by atoms with Crippen molar-refractivity contribution >= 4 is 23.1 Å². The van der Waals surface area contributed by atoms with Gasteiger partial charge in [0.25, 0.3) is 0 Å². The average molecular weight is 365 g/mol. The van der Waals surface area contributed by atoms with Gasteiger partial charge in [-0.1, -0.05) is 36.4 Å². The van der Waals surface area contributed by atoms with E-state index in [1.807, 2.05) is 59.3 Å². The molecule has 3 rings (SSSR count). The maximum Gasteiger partial charge on any atom is 0.325 e. The Morgan fingerprint density at radius 1 is 1.19 bits per heavy atom. The predicted octanol–water partition coefficient (Wildman–Crippen LogP) is 3.34. The molecule has 140 valence electrons. The third kappa shape index (κ3) is 4.47. The molecule has 6 nitrogen and oxygen atoms in total. The lowest BCUT2D eigenvalue weighted by atomic mass is 10.2. The lowest BCUT2D eigenvalue weighted by Crippen LogP contribution is -2.12. The molecule has 0 spiro atoms. The molecule has 0 aliphatic carbocycles. The highest BCUT2D eigenvalue weighted by atomic mass is 16.5. The Hall–Kier alpha value is -3.28. The van der Waals surface area contributed by atoms with Crippen LogP contribution in [0.25, 0.3) is 10.9 Å². The summed E-state index contributed by atoms with van der Waals surface area (Å²) in [6.07, 6.45) is 3.68. The van der Waals surface area contributed by atoms with Crippen LogP contribution in [0.15, 0.2) is 59.8 Å². The van der Waals surface area contributed by atoms with E-state index in [1.165, 1.54) is 0 Å². The zero-order chi connectivity index (χ0) is 19.1. The van der Waals surface area contributed by atoms with Crippen LogP contribution in [-0.2, 0) is 22.6 Å². The summed E-state index contributed by atoms with van der Waals surface area (Å²) in [7, 11) is 1.65. The SMILES string of the molecule is CCOC(=O)Cn1cc(/C=N/NCc2ccccc2OC)c2ccccc21. The highest BCUT2D eigenvalue weighted by molar-refractivity contribution is 5.99. The van der Waals surface area contributed by atoms with E-state index >= 15 is 0 Å². The van der Waals surface area contributed by atoms with E-state index in [9.17, 15) is 4.79 Å². The summed E-state index contributed by atoms with van der Waals surface area (Å²) < 4.78 is 12.3. The second-order valence-electron chi connectivity index (χ2n) is 5.94. The molecular formula is C21H23N3O3. The minimum Gasteiger partial charge on any atom is -0.496 e. The summed E-state index contributed by atoms with van der Waals surface area (Å²) in [4.78, 5) is 11.8. The van der Waals surface area contributed by atoms with Crippen LogP contribution in [0.2, 0.25) is 0 Å². The number of nitrogens with zero attached hydrogens (tertiary/aromatic N) is 2. The number of aromatic nitrogens is 1. The van der Waals surface area contributed by atoms with E-state index in [4.69, 9.17) is 9.47 Å². The van der Waals surface area contributed by atoms with Gasteiger partial charge in [-0.25, -0.2) is 0 Å². The predicted molar refractivity (Wildman–Crippen MR) is 106 cm³/mol. The number of rotatable bonds is 8. The van der Waals surface area contributed by atoms with E-state index in [2.05, 4.69) is 10.5 Å². The van der Waals surface area contributed by atoms with Crippen molar-refractivity contribution in [2.75, 3.05) is 13.7 Å². The van der Waals surface area contributed by atoms with Crippen molar-refractivity contribution in [2.24, 2.45) is 5.10 Å². The molecule has 0 atom stereocenters. The molecule has 0 unspecified atom stereocenters. The van der Waals surface area contributed by atoms with Crippen molar-refractivity contribution in [3.63, 3.8) is 0 Å². The van der Waals surface area contributed by atoms with Crippen LogP contribution in [-0.4, -0.2) is 30.5 Å². The highest BCUT2D eigenvalue weighted by Crippen LogP contribution is 2.20. The van der Waals surface area contributed by atoms with Gasteiger partial charge in [0.1, 0.15) is 12.3 Å². The number of nitrogens with one attached hydrogen (secondary N) is 1. The molecule has 1 heterocycles. The average Bonchev–Trinajstić information content (AvgIpc) is 3.03. The van der Waals surface area contributed by atoms with Crippen LogP contribution in [0.1, 0.15) is 18.1 Å². The first-order chi connectivity index (χ1) is 13.2. The topological polar surface area (TPSA) is 64.9 Å². The third-order valence-corrected chi connectivity index (χ3v) is 4.18. The normalized spacial score (nSPS) is 11.0. The van der Waals surface area contributed by atoms with Crippen molar-refractivity contribution in [1.82, 2.24) is 9.99 Å². The van der Waals surface area contributed by atoms with Gasteiger partial charge in [-0.15, -0.1) is 0 Å². The third-order valence-electron chi connectivity index (χ3n) is 4.18. The second kappa shape index (κ2) is 8.89. The molecule has 1 aromatic heterocycles. The highest BCUT2D eigenvalue weighted by Gasteiger charge is 2.10. The molecule has 0 aliphatic rings. The van der Waals surface area contributed by atoms with Crippen molar-refractivity contribution in [2.45, 2.75) is 20.0 Å². The van der Waals surface area contributed by atoms with Crippen molar-refractivity contribution < 1.29 is 14.3 Å². The number of para-hydroxylation sites is 2. The summed E-state index contributed by atoms with van der Waals surface area (Å²) in [5, 5.41) is 5.36. The Balaban J connectivity index is 1.74. The summed E-state index contributed by atoms with van der Waals surface area (Å²) >= 11 is 0. The van der Waals surface area contributed by atoms with Crippen LogP contribution in [0.5, 0.6) is 5.75 Å². The first-order valence-electron chi connectivity index (χ1n) is 8.84. The molecule has 1 N–H and O–H groups in total. The van der Waals surface area contributed by atoms with Gasteiger partial charge in [-0.2, -0.15) is 5.10 Å². The minimum atomic E-state index is -0.254. The van der Waals surface area contributed by atoms with Crippen LogP contribution in [0.3, 0.4) is 0 Å². The molecule has 0 saturated heterocycles. The van der Waals surface area contributed by atoms with Crippen LogP contribution in [0.4, 0.5) is 0 Å². The zero-order valence-electron chi connectivity index (χ0n) is 15.5. The number of carbonyl (C=O) groups is 1. The number of esters is 1. The molecule has 27 heavy (non-hydrogen) atoms. The Kier molecular flexibility index (Phi) is 6.10. The zero-order valence-corrected chi connectivity index (χ0v) is 15.5. The number of carbonyl (C=O) groups excluding carboxylic acids is 1. The maximum absolute atomic E-state index is 11.8. The van der Waals surface area contributed by atoms with Gasteiger partial charge in [0.2, 0.25) is 0 Å². The molecule has 0 bridgehead atoms. The Morgan fingerprint density at radius 2 is 1.96 bits per heavy atom. The van der Waals surface area contributed by atoms with Crippen LogP contribution in [0, 0.1) is 0 Å². The summed E-state index contributed by atoms with van der Waals surface area (Å²) in [6.45, 7) is 2.91. The Labute approximate surface area is 158 Å². The van der Waals surface area contributed by atoms with Gasteiger partial charge in [-0.3, -0.25) is 4.79 Å². The fourth-order valence-electron chi connectivity index (χ4n) is 2.95. The van der Waals surface area contributed by atoms with Gasteiger partial charge in [-0.05, 0) is 19.1 Å². The minimum absolute atomic E-state index is 0.177. The molecule has 0 fully saturated rings. The molecule has 0 aliphatic heterocycles. The summed E-state index contributed by atoms with van der Waals surface area (Å²) in [5.41, 5.74) is 5.98. The largest absolute Gasteiger partial charge is 0.496 e. The lowest BCUT2D eigenvalue weighted by Gasteiger charge is -2.07. The molecule has 0 radical (unpaired) electrons. The molecule has 0 amide bonds. The van der Waals surface area contributed by atoms with E-state index in [-0.39, 0.29) is 12.5 Å².